The average molecular weight is 1250 g/mol. The van der Waals surface area contributed by atoms with Crippen LogP contribution in [0.1, 0.15) is 93.9 Å². The minimum atomic E-state index is 0.399. The number of nitrogens with zero attached hydrogens (tertiary/aromatic N) is 4. The highest BCUT2D eigenvalue weighted by atomic mass is 16.3. The number of benzene rings is 12. The van der Waals surface area contributed by atoms with E-state index in [9.17, 15) is 0 Å². The van der Waals surface area contributed by atoms with Gasteiger partial charge in [0.05, 0.1) is 55.8 Å². The number of rotatable bonds is 12. The van der Waals surface area contributed by atoms with Crippen molar-refractivity contribution >= 4 is 155 Å². The van der Waals surface area contributed by atoms with E-state index in [0.29, 0.717) is 11.8 Å². The lowest BCUT2D eigenvalue weighted by Gasteiger charge is -2.26. The van der Waals surface area contributed by atoms with Gasteiger partial charge in [0.1, 0.15) is 11.3 Å². The fourth-order valence-corrected chi connectivity index (χ4v) is 18.1. The number of para-hydroxylation sites is 7. The van der Waals surface area contributed by atoms with E-state index in [0.717, 1.165) is 102 Å². The molecule has 0 radical (unpaired) electrons. The van der Waals surface area contributed by atoms with Crippen molar-refractivity contribution in [3.05, 3.63) is 278 Å². The lowest BCUT2D eigenvalue weighted by atomic mass is 9.82. The van der Waals surface area contributed by atoms with Gasteiger partial charge in [0.25, 0.3) is 0 Å². The van der Waals surface area contributed by atoms with Gasteiger partial charge in [-0.25, -0.2) is 0 Å². The highest BCUT2D eigenvalue weighted by Crippen LogP contribution is 2.58. The number of anilines is 6. The Bertz CT molecular complexity index is 6170. The van der Waals surface area contributed by atoms with Gasteiger partial charge in [0.2, 0.25) is 0 Å². The summed E-state index contributed by atoms with van der Waals surface area (Å²) in [6.45, 7) is 6.91. The maximum absolute atomic E-state index is 7.36. The van der Waals surface area contributed by atoms with Crippen LogP contribution < -0.4 is 9.80 Å². The molecule has 0 saturated heterocycles. The monoisotopic (exact) mass is 1250 g/mol. The predicted octanol–water partition coefficient (Wildman–Crippen LogP) is 26.6. The number of allylic oxidation sites excluding steroid dienone is 2. The third-order valence-corrected chi connectivity index (χ3v) is 22.2. The predicted molar refractivity (Wildman–Crippen MR) is 409 cm³/mol. The van der Waals surface area contributed by atoms with Crippen LogP contribution in [0.25, 0.3) is 143 Å². The summed E-state index contributed by atoms with van der Waals surface area (Å²) >= 11 is 0. The minimum absolute atomic E-state index is 0.399. The molecule has 2 aliphatic carbocycles. The second-order valence-corrected chi connectivity index (χ2v) is 27.4. The Kier molecular flexibility index (Phi) is 12.8. The molecular formula is C91H70N4O2. The number of fused-ring (bicyclic) bond motifs is 16. The van der Waals surface area contributed by atoms with Gasteiger partial charge < -0.3 is 27.4 Å². The molecule has 97 heavy (non-hydrogen) atoms. The highest BCUT2D eigenvalue weighted by molar-refractivity contribution is 6.39. The molecule has 0 amide bonds. The van der Waals surface area contributed by atoms with Crippen molar-refractivity contribution in [2.75, 3.05) is 9.80 Å². The molecule has 0 spiro atoms. The topological polar surface area (TPSA) is 41.6 Å². The molecule has 0 N–H and O–H groups in total. The first-order chi connectivity index (χ1) is 48.1. The van der Waals surface area contributed by atoms with Gasteiger partial charge in [0.15, 0.2) is 11.2 Å². The van der Waals surface area contributed by atoms with E-state index in [1.807, 2.05) is 0 Å². The van der Waals surface area contributed by atoms with E-state index < -0.39 is 0 Å². The second kappa shape index (κ2) is 22.1. The van der Waals surface area contributed by atoms with Crippen LogP contribution in [-0.4, -0.2) is 8.80 Å². The van der Waals surface area contributed by atoms with Crippen molar-refractivity contribution in [2.45, 2.75) is 77.0 Å². The molecule has 6 heterocycles. The summed E-state index contributed by atoms with van der Waals surface area (Å²) in [6, 6.07) is 92.5. The van der Waals surface area contributed by atoms with Crippen molar-refractivity contribution in [2.24, 2.45) is 5.92 Å². The number of hydrogen-bond acceptors (Lipinski definition) is 4. The lowest BCUT2D eigenvalue weighted by molar-refractivity contribution is 0.423. The zero-order valence-electron chi connectivity index (χ0n) is 54.4. The van der Waals surface area contributed by atoms with Crippen LogP contribution in [0.2, 0.25) is 0 Å². The average Bonchev–Trinajstić information content (AvgIpc) is 1.50. The van der Waals surface area contributed by atoms with Gasteiger partial charge in [-0.3, -0.25) is 0 Å². The Hall–Kier alpha value is -11.3. The van der Waals surface area contributed by atoms with Crippen molar-refractivity contribution in [3.63, 3.8) is 0 Å². The molecule has 18 aromatic rings. The highest BCUT2D eigenvalue weighted by Gasteiger charge is 2.35. The van der Waals surface area contributed by atoms with E-state index in [2.05, 4.69) is 286 Å². The molecule has 6 aromatic heterocycles. The van der Waals surface area contributed by atoms with Crippen LogP contribution in [0.15, 0.2) is 270 Å². The molecule has 466 valence electrons. The molecule has 6 heteroatoms. The first-order valence-electron chi connectivity index (χ1n) is 35.1. The van der Waals surface area contributed by atoms with Gasteiger partial charge in [-0.05, 0) is 127 Å². The minimum Gasteiger partial charge on any atom is -0.454 e. The standard InChI is InChI=1S/C91H70N4O2/c1-3-29-64-66-44-25-54-76(90(66)96-88(64)56(2)57-30-10-4-11-31-57)92(61-38-18-8-19-39-61)72-50-27-52-74-80(72)68-46-23-48-70-82-79(60-36-16-7-17-37-60)87-83(78(59-34-14-6-15-35-59)86(82)94(74)84(68)70)71-49-24-47-69-81-73(51-28-53-75(81)95(87)85(69)71)93(62-40-20-9-21-41-62)77-55-26-45-67-65-43-22-42-63(89(65)97-91(67)77)58-32-12-5-13-33-58/h3,6-9,14-29,34-55,57-58H,2,4-5,10-13,30-33H2,1H3/b29-3-. The first kappa shape index (κ1) is 56.0. The van der Waals surface area contributed by atoms with Crippen LogP contribution in [-0.2, 0) is 0 Å². The summed E-state index contributed by atoms with van der Waals surface area (Å²) < 4.78 is 20.0. The summed E-state index contributed by atoms with van der Waals surface area (Å²) in [5, 5.41) is 13.1. The lowest BCUT2D eigenvalue weighted by Crippen LogP contribution is -2.10. The van der Waals surface area contributed by atoms with Crippen LogP contribution in [0.3, 0.4) is 0 Å². The Balaban J connectivity index is 0.881. The number of furan rings is 2. The molecule has 0 unspecified atom stereocenters. The molecule has 0 bridgehead atoms. The molecule has 2 aliphatic rings. The van der Waals surface area contributed by atoms with Crippen LogP contribution in [0.5, 0.6) is 0 Å². The van der Waals surface area contributed by atoms with Gasteiger partial charge in [0, 0.05) is 87.3 Å². The summed E-state index contributed by atoms with van der Waals surface area (Å²) in [7, 11) is 0. The van der Waals surface area contributed by atoms with Crippen molar-refractivity contribution < 1.29 is 8.83 Å². The van der Waals surface area contributed by atoms with E-state index in [1.54, 1.807) is 0 Å². The molecule has 12 aromatic carbocycles. The third-order valence-electron chi connectivity index (χ3n) is 22.2. The Morgan fingerprint density at radius 1 is 0.381 bits per heavy atom. The number of aromatic nitrogens is 2. The first-order valence-corrected chi connectivity index (χ1v) is 35.1. The molecule has 0 aliphatic heterocycles. The normalized spacial score (nSPS) is 14.6. The largest absolute Gasteiger partial charge is 0.454 e. The van der Waals surface area contributed by atoms with Crippen molar-refractivity contribution in [1.82, 2.24) is 8.80 Å². The maximum atomic E-state index is 7.36. The van der Waals surface area contributed by atoms with Crippen molar-refractivity contribution in [1.29, 1.82) is 0 Å². The Morgan fingerprint density at radius 2 is 0.794 bits per heavy atom. The SMILES string of the molecule is C=C(c1oc2c(N(c3ccccc3)c3cccc4c3c3cccc5c6c(-c7ccccc7)c7c(c(-c8ccccc8)c6n4c35)c3cccc4c5c(N(c6ccccc6)c6cccc8c6oc6c(C9CCCCC9)cccc68)cccc5n7c43)cccc2c1/C=C\C)C1CCCCC1. The summed E-state index contributed by atoms with van der Waals surface area (Å²) in [4.78, 5) is 4.92. The Morgan fingerprint density at radius 3 is 1.31 bits per heavy atom. The van der Waals surface area contributed by atoms with E-state index in [1.165, 1.54) is 150 Å². The molecule has 6 nitrogen and oxygen atoms in total. The zero-order chi connectivity index (χ0) is 64.0. The van der Waals surface area contributed by atoms with Crippen LogP contribution >= 0.6 is 0 Å². The smallest absolute Gasteiger partial charge is 0.159 e. The van der Waals surface area contributed by atoms with Crippen LogP contribution in [0, 0.1) is 5.92 Å². The van der Waals surface area contributed by atoms with Gasteiger partial charge in [-0.2, -0.15) is 0 Å². The quantitative estimate of drug-likeness (QED) is 0.122. The second-order valence-electron chi connectivity index (χ2n) is 27.4. The molecule has 2 fully saturated rings. The summed E-state index contributed by atoms with van der Waals surface area (Å²) in [6.07, 6.45) is 16.6. The van der Waals surface area contributed by atoms with E-state index in [-0.39, 0.29) is 0 Å². The van der Waals surface area contributed by atoms with Gasteiger partial charge in [-0.15, -0.1) is 0 Å². The van der Waals surface area contributed by atoms with Gasteiger partial charge >= 0.3 is 0 Å². The number of hydrogen-bond donors (Lipinski definition) is 0. The summed E-state index contributed by atoms with van der Waals surface area (Å²) in [5.74, 6) is 1.80. The fraction of sp³-hybridized carbons (Fsp3) is 0.143. The van der Waals surface area contributed by atoms with E-state index >= 15 is 0 Å². The molecule has 2 saturated carbocycles. The maximum Gasteiger partial charge on any atom is 0.159 e. The van der Waals surface area contributed by atoms with Gasteiger partial charge in [-0.1, -0.05) is 245 Å². The molecular weight excluding hydrogens is 1180 g/mol. The van der Waals surface area contributed by atoms with E-state index in [4.69, 9.17) is 15.4 Å². The molecule has 20 rings (SSSR count). The summed E-state index contributed by atoms with van der Waals surface area (Å²) in [5.41, 5.74) is 24.5. The molecule has 0 atom stereocenters. The van der Waals surface area contributed by atoms with Crippen molar-refractivity contribution in [3.8, 4) is 22.3 Å². The van der Waals surface area contributed by atoms with Crippen LogP contribution in [0.4, 0.5) is 34.1 Å². The third kappa shape index (κ3) is 8.20. The zero-order valence-corrected chi connectivity index (χ0v) is 54.4. The Labute approximate surface area is 562 Å². The fourth-order valence-electron chi connectivity index (χ4n) is 18.1.